The summed E-state index contributed by atoms with van der Waals surface area (Å²) >= 11 is 0. The first-order valence-electron chi connectivity index (χ1n) is 11.6. The molecule has 3 aromatic carbocycles. The minimum atomic E-state index is -3.48. The first-order valence-corrected chi connectivity index (χ1v) is 13.1. The Morgan fingerprint density at radius 3 is 2.00 bits per heavy atom. The molecule has 1 N–H and O–H groups in total. The van der Waals surface area contributed by atoms with Gasteiger partial charge in [-0.1, -0.05) is 78.4 Å². The van der Waals surface area contributed by atoms with E-state index >= 15 is 0 Å². The Kier molecular flexibility index (Phi) is 8.13. The lowest BCUT2D eigenvalue weighted by atomic mass is 10.0. The monoisotopic (exact) mass is 480 g/mol. The summed E-state index contributed by atoms with van der Waals surface area (Å²) < 4.78 is 33.4. The number of rotatable bonds is 9. The zero-order valence-corrected chi connectivity index (χ0v) is 20.3. The number of hydrogen-bond acceptors (Lipinski definition) is 5. The molecule has 34 heavy (non-hydrogen) atoms. The van der Waals surface area contributed by atoms with Gasteiger partial charge in [0, 0.05) is 32.7 Å². The van der Waals surface area contributed by atoms with E-state index in [4.69, 9.17) is 4.74 Å². The number of aliphatic hydroxyl groups excluding tert-OH is 1. The van der Waals surface area contributed by atoms with Gasteiger partial charge in [0.1, 0.15) is 6.10 Å². The quantitative estimate of drug-likeness (QED) is 0.508. The molecule has 1 saturated heterocycles. The van der Waals surface area contributed by atoms with Crippen molar-refractivity contribution >= 4 is 10.0 Å². The van der Waals surface area contributed by atoms with Crippen LogP contribution in [-0.2, 0) is 14.8 Å². The number of nitrogens with zero attached hydrogens (tertiary/aromatic N) is 2. The van der Waals surface area contributed by atoms with Crippen LogP contribution in [0.1, 0.15) is 22.8 Å². The normalized spacial score (nSPS) is 17.4. The Hall–Kier alpha value is -2.55. The number of aryl methyl sites for hydroxylation is 1. The summed E-state index contributed by atoms with van der Waals surface area (Å²) in [5, 5.41) is 10.7. The molecule has 3 aromatic rings. The highest BCUT2D eigenvalue weighted by atomic mass is 32.2. The molecule has 6 nitrogen and oxygen atoms in total. The van der Waals surface area contributed by atoms with Crippen molar-refractivity contribution in [3.8, 4) is 0 Å². The Bertz CT molecular complexity index is 1130. The number of β-amino-alcohol motifs (C(OH)–C–C–N with tert-alkyl or cyclic N) is 1. The van der Waals surface area contributed by atoms with Gasteiger partial charge >= 0.3 is 0 Å². The van der Waals surface area contributed by atoms with Gasteiger partial charge in [-0.25, -0.2) is 8.42 Å². The molecule has 1 aliphatic rings. The first kappa shape index (κ1) is 24.6. The van der Waals surface area contributed by atoms with Crippen LogP contribution in [0, 0.1) is 6.92 Å². The molecule has 7 heteroatoms. The van der Waals surface area contributed by atoms with Crippen molar-refractivity contribution in [1.82, 2.24) is 9.21 Å². The maximum absolute atomic E-state index is 12.8. The van der Waals surface area contributed by atoms with E-state index in [0.29, 0.717) is 37.6 Å². The summed E-state index contributed by atoms with van der Waals surface area (Å²) in [6.07, 6.45) is -0.932. The topological polar surface area (TPSA) is 70.1 Å². The standard InChI is InChI=1S/C27H32N2O4S/c1-22-12-14-24(15-13-22)27(23-8-4-2-5-9-23)33-21-25(30)20-28-16-18-29(19-17-28)34(31,32)26-10-6-3-7-11-26/h2-15,25,27,30H,16-21H2,1H3/t25-,27-/m0/s1. The van der Waals surface area contributed by atoms with Crippen molar-refractivity contribution in [2.45, 2.75) is 24.0 Å². The van der Waals surface area contributed by atoms with Gasteiger partial charge < -0.3 is 9.84 Å². The van der Waals surface area contributed by atoms with E-state index in [9.17, 15) is 13.5 Å². The Morgan fingerprint density at radius 2 is 1.38 bits per heavy atom. The fraction of sp³-hybridized carbons (Fsp3) is 0.333. The zero-order chi connectivity index (χ0) is 24.0. The number of piperazine rings is 1. The largest absolute Gasteiger partial charge is 0.389 e. The molecule has 0 amide bonds. The molecule has 0 aromatic heterocycles. The second-order valence-electron chi connectivity index (χ2n) is 8.71. The van der Waals surface area contributed by atoms with Gasteiger partial charge in [-0.2, -0.15) is 4.31 Å². The smallest absolute Gasteiger partial charge is 0.243 e. The summed E-state index contributed by atoms with van der Waals surface area (Å²) in [6, 6.07) is 26.8. The molecule has 1 fully saturated rings. The number of hydrogen-bond donors (Lipinski definition) is 1. The molecule has 4 rings (SSSR count). The van der Waals surface area contributed by atoms with Crippen LogP contribution in [0.5, 0.6) is 0 Å². The third-order valence-corrected chi connectivity index (χ3v) is 8.03. The van der Waals surface area contributed by atoms with Crippen molar-refractivity contribution in [1.29, 1.82) is 0 Å². The van der Waals surface area contributed by atoms with Gasteiger partial charge in [0.15, 0.2) is 0 Å². The van der Waals surface area contributed by atoms with E-state index in [1.807, 2.05) is 36.4 Å². The van der Waals surface area contributed by atoms with Gasteiger partial charge in [0.25, 0.3) is 0 Å². The van der Waals surface area contributed by atoms with E-state index in [-0.39, 0.29) is 12.7 Å². The third kappa shape index (κ3) is 6.11. The molecule has 0 aliphatic carbocycles. The molecular formula is C27H32N2O4S. The minimum Gasteiger partial charge on any atom is -0.389 e. The molecule has 0 unspecified atom stereocenters. The SMILES string of the molecule is Cc1ccc([C@@H](OC[C@@H](O)CN2CCN(S(=O)(=O)c3ccccc3)CC2)c2ccccc2)cc1. The van der Waals surface area contributed by atoms with E-state index in [0.717, 1.165) is 11.1 Å². The molecule has 1 aliphatic heterocycles. The van der Waals surface area contributed by atoms with Crippen LogP contribution in [0.25, 0.3) is 0 Å². The lowest BCUT2D eigenvalue weighted by Gasteiger charge is -2.35. The summed E-state index contributed by atoms with van der Waals surface area (Å²) in [7, 11) is -3.48. The summed E-state index contributed by atoms with van der Waals surface area (Å²) in [6.45, 7) is 4.63. The highest BCUT2D eigenvalue weighted by Crippen LogP contribution is 2.26. The highest BCUT2D eigenvalue weighted by Gasteiger charge is 2.29. The van der Waals surface area contributed by atoms with Crippen LogP contribution in [-0.4, -0.2) is 68.2 Å². The Balaban J connectivity index is 1.32. The Labute approximate surface area is 202 Å². The van der Waals surface area contributed by atoms with E-state index in [1.165, 1.54) is 9.87 Å². The number of aliphatic hydroxyl groups is 1. The molecule has 0 radical (unpaired) electrons. The fourth-order valence-corrected chi connectivity index (χ4v) is 5.65. The van der Waals surface area contributed by atoms with E-state index in [2.05, 4.69) is 36.1 Å². The van der Waals surface area contributed by atoms with Gasteiger partial charge in [-0.3, -0.25) is 4.90 Å². The minimum absolute atomic E-state index is 0.190. The van der Waals surface area contributed by atoms with Crippen molar-refractivity contribution in [2.75, 3.05) is 39.3 Å². The summed E-state index contributed by atoms with van der Waals surface area (Å²) in [5.41, 5.74) is 3.27. The van der Waals surface area contributed by atoms with Crippen molar-refractivity contribution < 1.29 is 18.3 Å². The van der Waals surface area contributed by atoms with Crippen LogP contribution < -0.4 is 0 Å². The lowest BCUT2D eigenvalue weighted by Crippen LogP contribution is -2.50. The maximum Gasteiger partial charge on any atom is 0.243 e. The Morgan fingerprint density at radius 1 is 0.824 bits per heavy atom. The zero-order valence-electron chi connectivity index (χ0n) is 19.5. The average Bonchev–Trinajstić information content (AvgIpc) is 2.87. The average molecular weight is 481 g/mol. The number of ether oxygens (including phenoxy) is 1. The molecular weight excluding hydrogens is 448 g/mol. The van der Waals surface area contributed by atoms with E-state index < -0.39 is 16.1 Å². The van der Waals surface area contributed by atoms with Gasteiger partial charge in [0.05, 0.1) is 17.6 Å². The van der Waals surface area contributed by atoms with Crippen LogP contribution >= 0.6 is 0 Å². The predicted molar refractivity (Wildman–Crippen MR) is 133 cm³/mol. The van der Waals surface area contributed by atoms with Crippen molar-refractivity contribution in [3.63, 3.8) is 0 Å². The molecule has 2 atom stereocenters. The van der Waals surface area contributed by atoms with Gasteiger partial charge in [0.2, 0.25) is 10.0 Å². The lowest BCUT2D eigenvalue weighted by molar-refractivity contribution is -0.0117. The summed E-state index contributed by atoms with van der Waals surface area (Å²) in [5.74, 6) is 0. The number of benzene rings is 3. The number of sulfonamides is 1. The van der Waals surface area contributed by atoms with Crippen LogP contribution in [0.3, 0.4) is 0 Å². The maximum atomic E-state index is 12.8. The second kappa shape index (κ2) is 11.3. The fourth-order valence-electron chi connectivity index (χ4n) is 4.21. The van der Waals surface area contributed by atoms with Crippen LogP contribution in [0.4, 0.5) is 0 Å². The van der Waals surface area contributed by atoms with Crippen LogP contribution in [0.15, 0.2) is 89.8 Å². The van der Waals surface area contributed by atoms with Gasteiger partial charge in [-0.05, 0) is 30.2 Å². The third-order valence-electron chi connectivity index (χ3n) is 6.12. The predicted octanol–water partition coefficient (Wildman–Crippen LogP) is 3.47. The molecule has 0 bridgehead atoms. The van der Waals surface area contributed by atoms with Crippen molar-refractivity contribution in [3.05, 3.63) is 102 Å². The molecule has 1 heterocycles. The summed E-state index contributed by atoms with van der Waals surface area (Å²) in [4.78, 5) is 2.41. The molecule has 180 valence electrons. The molecule has 0 saturated carbocycles. The second-order valence-corrected chi connectivity index (χ2v) is 10.6. The van der Waals surface area contributed by atoms with Gasteiger partial charge in [-0.15, -0.1) is 0 Å². The van der Waals surface area contributed by atoms with Crippen molar-refractivity contribution in [2.24, 2.45) is 0 Å². The highest BCUT2D eigenvalue weighted by molar-refractivity contribution is 7.89. The first-order chi connectivity index (χ1) is 16.4. The molecule has 0 spiro atoms. The van der Waals surface area contributed by atoms with Crippen LogP contribution in [0.2, 0.25) is 0 Å². The van der Waals surface area contributed by atoms with E-state index in [1.54, 1.807) is 24.3 Å².